The number of allylic oxidation sites excluding steroid dienone is 10. The molecule has 0 aliphatic heterocycles. The molecule has 1 N–H and O–H groups in total. The first-order valence-corrected chi connectivity index (χ1v) is 27.0. The second kappa shape index (κ2) is 45.8. The van der Waals surface area contributed by atoms with Gasteiger partial charge in [0.25, 0.3) is 0 Å². The van der Waals surface area contributed by atoms with Crippen molar-refractivity contribution in [3.63, 3.8) is 0 Å². The van der Waals surface area contributed by atoms with E-state index >= 15 is 0 Å². The van der Waals surface area contributed by atoms with Crippen LogP contribution in [-0.4, -0.2) is 75.6 Å². The molecule has 2 atom stereocenters. The molecule has 362 valence electrons. The van der Waals surface area contributed by atoms with E-state index in [1.807, 2.05) is 21.1 Å². The third-order valence-electron chi connectivity index (χ3n) is 10.8. The molecule has 0 aliphatic carbocycles. The maximum atomic E-state index is 12.8. The van der Waals surface area contributed by atoms with E-state index in [2.05, 4.69) is 74.6 Å². The van der Waals surface area contributed by atoms with Crippen molar-refractivity contribution < 1.29 is 37.3 Å². The third kappa shape index (κ3) is 49.2. The standard InChI is InChI=1S/C53H98NO7P/c1-6-8-10-12-14-16-18-20-22-24-25-26-27-28-29-30-32-34-36-38-40-42-44-46-53(55)61-52(51-60-62(56,57)59-49-47-54(3,4)5)50-58-48-45-43-41-39-37-35-33-31-23-21-19-17-15-13-11-9-7-2/h17-20,23-25,27-28,31,52H,6-16,21-22,26,29-30,32-51H2,1-5H3/p+1/b19-17-,20-18-,25-24-,28-27-,31-23-. The van der Waals surface area contributed by atoms with Crippen LogP contribution in [0.3, 0.4) is 0 Å². The molecule has 0 saturated heterocycles. The van der Waals surface area contributed by atoms with E-state index in [0.717, 1.165) is 64.2 Å². The highest BCUT2D eigenvalue weighted by atomic mass is 31.2. The summed E-state index contributed by atoms with van der Waals surface area (Å²) in [4.78, 5) is 23.0. The number of carbonyl (C=O) groups excluding carboxylic acids is 1. The Kier molecular flexibility index (Phi) is 44.4. The number of esters is 1. The SMILES string of the molecule is CCCCCC/C=C\C/C=C\CCCCCCCCOCC(COP(=O)(O)OCC[N+](C)(C)C)OC(=O)CCCCCCCCCC/C=C\C/C=C\C/C=C\CCCCCCC. The minimum Gasteiger partial charge on any atom is -0.457 e. The molecule has 0 rings (SSSR count). The predicted octanol–water partition coefficient (Wildman–Crippen LogP) is 15.7. The van der Waals surface area contributed by atoms with Gasteiger partial charge in [0.1, 0.15) is 19.3 Å². The topological polar surface area (TPSA) is 91.3 Å². The average Bonchev–Trinajstić information content (AvgIpc) is 3.23. The zero-order valence-corrected chi connectivity index (χ0v) is 42.0. The van der Waals surface area contributed by atoms with Crippen molar-refractivity contribution in [2.24, 2.45) is 0 Å². The maximum absolute atomic E-state index is 12.8. The Morgan fingerprint density at radius 1 is 0.500 bits per heavy atom. The number of phosphoric acid groups is 1. The highest BCUT2D eigenvalue weighted by Gasteiger charge is 2.26. The van der Waals surface area contributed by atoms with Crippen LogP contribution in [0.1, 0.15) is 213 Å². The van der Waals surface area contributed by atoms with Gasteiger partial charge in [-0.25, -0.2) is 4.57 Å². The molecule has 0 heterocycles. The molecular weight excluding hydrogens is 794 g/mol. The molecule has 9 heteroatoms. The minimum absolute atomic E-state index is 0.0825. The first-order chi connectivity index (χ1) is 30.1. The summed E-state index contributed by atoms with van der Waals surface area (Å²) in [5, 5.41) is 0. The van der Waals surface area contributed by atoms with Gasteiger partial charge in [0.05, 0.1) is 34.4 Å². The van der Waals surface area contributed by atoms with Crippen molar-refractivity contribution in [2.75, 3.05) is 54.1 Å². The molecule has 2 unspecified atom stereocenters. The lowest BCUT2D eigenvalue weighted by molar-refractivity contribution is -0.870. The zero-order chi connectivity index (χ0) is 45.5. The van der Waals surface area contributed by atoms with Crippen LogP contribution in [-0.2, 0) is 27.9 Å². The second-order valence-corrected chi connectivity index (χ2v) is 19.6. The van der Waals surface area contributed by atoms with Crippen LogP contribution >= 0.6 is 7.82 Å². The number of hydrogen-bond donors (Lipinski definition) is 1. The zero-order valence-electron chi connectivity index (χ0n) is 41.1. The number of carbonyl (C=O) groups is 1. The van der Waals surface area contributed by atoms with Gasteiger partial charge >= 0.3 is 13.8 Å². The Morgan fingerprint density at radius 2 is 0.887 bits per heavy atom. The first-order valence-electron chi connectivity index (χ1n) is 25.5. The molecule has 0 aromatic rings. The van der Waals surface area contributed by atoms with E-state index in [1.54, 1.807) is 0 Å². The van der Waals surface area contributed by atoms with Gasteiger partial charge in [0, 0.05) is 13.0 Å². The largest absolute Gasteiger partial charge is 0.472 e. The van der Waals surface area contributed by atoms with Crippen molar-refractivity contribution in [1.82, 2.24) is 0 Å². The lowest BCUT2D eigenvalue weighted by atomic mass is 10.1. The molecule has 0 bridgehead atoms. The van der Waals surface area contributed by atoms with E-state index in [1.165, 1.54) is 128 Å². The maximum Gasteiger partial charge on any atom is 0.472 e. The number of rotatable bonds is 47. The Bertz CT molecular complexity index is 1170. The van der Waals surface area contributed by atoms with E-state index in [-0.39, 0.29) is 25.8 Å². The molecule has 0 aliphatic rings. The molecule has 0 spiro atoms. The Labute approximate surface area is 383 Å². The molecule has 0 saturated carbocycles. The van der Waals surface area contributed by atoms with Gasteiger partial charge in [-0.15, -0.1) is 0 Å². The molecule has 0 radical (unpaired) electrons. The highest BCUT2D eigenvalue weighted by molar-refractivity contribution is 7.47. The van der Waals surface area contributed by atoms with Crippen LogP contribution in [0.5, 0.6) is 0 Å². The van der Waals surface area contributed by atoms with E-state index in [9.17, 15) is 14.3 Å². The molecule has 0 amide bonds. The molecule has 0 aromatic carbocycles. The van der Waals surface area contributed by atoms with Crippen LogP contribution in [0.2, 0.25) is 0 Å². The third-order valence-corrected chi connectivity index (χ3v) is 11.8. The number of ether oxygens (including phenoxy) is 2. The van der Waals surface area contributed by atoms with Gasteiger partial charge in [-0.3, -0.25) is 13.8 Å². The number of unbranched alkanes of at least 4 members (excludes halogenated alkanes) is 23. The fourth-order valence-electron chi connectivity index (χ4n) is 6.83. The monoisotopic (exact) mass is 893 g/mol. The van der Waals surface area contributed by atoms with Gasteiger partial charge in [0.2, 0.25) is 0 Å². The van der Waals surface area contributed by atoms with Crippen LogP contribution in [0, 0.1) is 0 Å². The molecule has 0 aromatic heterocycles. The fraction of sp³-hybridized carbons (Fsp3) is 0.792. The van der Waals surface area contributed by atoms with Crippen molar-refractivity contribution in [3.05, 3.63) is 60.8 Å². The van der Waals surface area contributed by atoms with Crippen LogP contribution in [0.4, 0.5) is 0 Å². The summed E-state index contributed by atoms with van der Waals surface area (Å²) in [5.74, 6) is -0.325. The van der Waals surface area contributed by atoms with E-state index in [4.69, 9.17) is 18.5 Å². The Balaban J connectivity index is 4.19. The average molecular weight is 893 g/mol. The number of likely N-dealkylation sites (N-methyl/N-ethyl adjacent to an activating group) is 1. The molecule has 8 nitrogen and oxygen atoms in total. The van der Waals surface area contributed by atoms with Gasteiger partial charge in [-0.1, -0.05) is 184 Å². The quantitative estimate of drug-likeness (QED) is 0.0214. The van der Waals surface area contributed by atoms with Crippen LogP contribution in [0.15, 0.2) is 60.8 Å². The van der Waals surface area contributed by atoms with Gasteiger partial charge in [-0.05, 0) is 83.5 Å². The summed E-state index contributed by atoms with van der Waals surface area (Å²) in [6, 6.07) is 0. The Hall–Kier alpha value is -1.80. The molecular formula is C53H99NO7P+. The summed E-state index contributed by atoms with van der Waals surface area (Å²) in [5.41, 5.74) is 0. The van der Waals surface area contributed by atoms with Gasteiger partial charge < -0.3 is 18.9 Å². The number of quaternary nitrogens is 1. The fourth-order valence-corrected chi connectivity index (χ4v) is 7.57. The van der Waals surface area contributed by atoms with Crippen molar-refractivity contribution in [1.29, 1.82) is 0 Å². The van der Waals surface area contributed by atoms with Crippen LogP contribution in [0.25, 0.3) is 0 Å². The first kappa shape index (κ1) is 60.2. The second-order valence-electron chi connectivity index (χ2n) is 18.2. The summed E-state index contributed by atoms with van der Waals surface area (Å²) in [6.45, 7) is 5.57. The predicted molar refractivity (Wildman–Crippen MR) is 266 cm³/mol. The van der Waals surface area contributed by atoms with Crippen molar-refractivity contribution in [2.45, 2.75) is 219 Å². The smallest absolute Gasteiger partial charge is 0.457 e. The summed E-state index contributed by atoms with van der Waals surface area (Å²) in [7, 11) is 1.65. The number of nitrogens with zero attached hydrogens (tertiary/aromatic N) is 1. The van der Waals surface area contributed by atoms with Crippen molar-refractivity contribution in [3.8, 4) is 0 Å². The lowest BCUT2D eigenvalue weighted by Gasteiger charge is -2.24. The summed E-state index contributed by atoms with van der Waals surface area (Å²) in [6.07, 6.45) is 58.3. The Morgan fingerprint density at radius 3 is 1.34 bits per heavy atom. The molecule has 0 fully saturated rings. The number of phosphoric ester groups is 1. The highest BCUT2D eigenvalue weighted by Crippen LogP contribution is 2.43. The summed E-state index contributed by atoms with van der Waals surface area (Å²) >= 11 is 0. The normalized spacial score (nSPS) is 14.1. The lowest BCUT2D eigenvalue weighted by Crippen LogP contribution is -2.37. The minimum atomic E-state index is -4.29. The van der Waals surface area contributed by atoms with E-state index < -0.39 is 13.9 Å². The molecule has 62 heavy (non-hydrogen) atoms. The van der Waals surface area contributed by atoms with Crippen LogP contribution < -0.4 is 0 Å². The summed E-state index contributed by atoms with van der Waals surface area (Å²) < 4.78 is 35.1. The van der Waals surface area contributed by atoms with E-state index in [0.29, 0.717) is 24.1 Å². The van der Waals surface area contributed by atoms with Gasteiger partial charge in [-0.2, -0.15) is 0 Å². The van der Waals surface area contributed by atoms with Crippen molar-refractivity contribution >= 4 is 13.8 Å². The van der Waals surface area contributed by atoms with Gasteiger partial charge in [0.15, 0.2) is 0 Å². The number of hydrogen-bond acceptors (Lipinski definition) is 6.